The molecule has 0 bridgehead atoms. The van der Waals surface area contributed by atoms with Gasteiger partial charge in [-0.3, -0.25) is 0 Å². The van der Waals surface area contributed by atoms with Crippen LogP contribution in [0.15, 0.2) is 39.6 Å². The maximum absolute atomic E-state index is 11.4. The van der Waals surface area contributed by atoms with Crippen molar-refractivity contribution in [1.29, 1.82) is 0 Å². The van der Waals surface area contributed by atoms with Gasteiger partial charge in [0, 0.05) is 11.5 Å². The van der Waals surface area contributed by atoms with Crippen LogP contribution in [0.1, 0.15) is 6.92 Å². The van der Waals surface area contributed by atoms with Crippen LogP contribution in [0.4, 0.5) is 0 Å². The number of ether oxygens (including phenoxy) is 3. The van der Waals surface area contributed by atoms with Gasteiger partial charge in [0.25, 0.3) is 0 Å². The maximum Gasteiger partial charge on any atom is 0.336 e. The summed E-state index contributed by atoms with van der Waals surface area (Å²) in [6.45, 7) is 6.11. The molecule has 0 fully saturated rings. The molecule has 1 atom stereocenters. The van der Waals surface area contributed by atoms with Gasteiger partial charge in [0.1, 0.15) is 6.61 Å². The summed E-state index contributed by atoms with van der Waals surface area (Å²) in [6.07, 6.45) is -0.194. The molecule has 2 heterocycles. The van der Waals surface area contributed by atoms with Crippen LogP contribution in [0, 0.1) is 0 Å². The topological polar surface area (TPSA) is 57.9 Å². The predicted molar refractivity (Wildman–Crippen MR) is 73.8 cm³/mol. The van der Waals surface area contributed by atoms with Crippen LogP contribution in [0.2, 0.25) is 0 Å². The summed E-state index contributed by atoms with van der Waals surface area (Å²) in [7, 11) is 1.50. The van der Waals surface area contributed by atoms with Gasteiger partial charge in [0.15, 0.2) is 17.4 Å². The van der Waals surface area contributed by atoms with Crippen molar-refractivity contribution < 1.29 is 18.6 Å². The highest BCUT2D eigenvalue weighted by Crippen LogP contribution is 2.45. The smallest absolute Gasteiger partial charge is 0.336 e. The molecule has 1 aromatic carbocycles. The van der Waals surface area contributed by atoms with Crippen LogP contribution in [0.25, 0.3) is 11.0 Å². The minimum Gasteiger partial charge on any atom is -0.490 e. The van der Waals surface area contributed by atoms with Crippen molar-refractivity contribution in [2.75, 3.05) is 13.7 Å². The van der Waals surface area contributed by atoms with E-state index in [1.807, 2.05) is 6.92 Å². The molecule has 5 heteroatoms. The first-order valence-corrected chi connectivity index (χ1v) is 6.20. The zero-order chi connectivity index (χ0) is 14.3. The molecule has 1 aromatic heterocycles. The molecule has 0 aliphatic carbocycles. The Hall–Kier alpha value is -2.43. The van der Waals surface area contributed by atoms with Crippen molar-refractivity contribution in [2.24, 2.45) is 0 Å². The van der Waals surface area contributed by atoms with E-state index in [-0.39, 0.29) is 6.10 Å². The second kappa shape index (κ2) is 4.59. The van der Waals surface area contributed by atoms with E-state index in [4.69, 9.17) is 18.6 Å². The molecule has 1 aliphatic rings. The van der Waals surface area contributed by atoms with Crippen LogP contribution in [-0.4, -0.2) is 19.8 Å². The molecule has 0 N–H and O–H groups in total. The largest absolute Gasteiger partial charge is 0.490 e. The van der Waals surface area contributed by atoms with Crippen LogP contribution in [0.3, 0.4) is 0 Å². The molecule has 0 saturated carbocycles. The number of fused-ring (bicyclic) bond motifs is 2. The van der Waals surface area contributed by atoms with E-state index >= 15 is 0 Å². The van der Waals surface area contributed by atoms with Crippen molar-refractivity contribution in [1.82, 2.24) is 0 Å². The monoisotopic (exact) mass is 274 g/mol. The lowest BCUT2D eigenvalue weighted by Crippen LogP contribution is -2.30. The number of benzene rings is 1. The molecular formula is C15H14O5. The average molecular weight is 274 g/mol. The Morgan fingerprint density at radius 2 is 2.25 bits per heavy atom. The number of rotatable bonds is 2. The molecule has 0 spiro atoms. The molecule has 1 aliphatic heterocycles. The van der Waals surface area contributed by atoms with Crippen molar-refractivity contribution in [3.63, 3.8) is 0 Å². The summed E-state index contributed by atoms with van der Waals surface area (Å²) < 4.78 is 22.1. The number of methoxy groups -OCH3 is 1. The summed E-state index contributed by atoms with van der Waals surface area (Å²) >= 11 is 0. The molecule has 3 rings (SSSR count). The number of hydrogen-bond acceptors (Lipinski definition) is 5. The summed E-state index contributed by atoms with van der Waals surface area (Å²) in [6, 6.07) is 4.79. The van der Waals surface area contributed by atoms with Gasteiger partial charge in [0.2, 0.25) is 11.5 Å². The van der Waals surface area contributed by atoms with Gasteiger partial charge < -0.3 is 18.6 Å². The highest BCUT2D eigenvalue weighted by atomic mass is 16.6. The zero-order valence-electron chi connectivity index (χ0n) is 11.3. The Kier molecular flexibility index (Phi) is 2.89. The fourth-order valence-electron chi connectivity index (χ4n) is 2.14. The fourth-order valence-corrected chi connectivity index (χ4v) is 2.14. The molecule has 0 amide bonds. The van der Waals surface area contributed by atoms with Gasteiger partial charge in [-0.05, 0) is 24.6 Å². The quantitative estimate of drug-likeness (QED) is 0.622. The maximum atomic E-state index is 11.4. The SMILES string of the molecule is C=C(C)[C@H]1COc2c(cc3ccc(=O)oc3c2OC)O1. The molecule has 5 nitrogen and oxygen atoms in total. The Bertz CT molecular complexity index is 744. The van der Waals surface area contributed by atoms with E-state index in [0.29, 0.717) is 34.8 Å². The Morgan fingerprint density at radius 3 is 2.95 bits per heavy atom. The minimum absolute atomic E-state index is 0.194. The van der Waals surface area contributed by atoms with E-state index in [1.54, 1.807) is 12.1 Å². The van der Waals surface area contributed by atoms with Gasteiger partial charge in [-0.15, -0.1) is 0 Å². The van der Waals surface area contributed by atoms with Crippen LogP contribution in [0.5, 0.6) is 17.2 Å². The van der Waals surface area contributed by atoms with Gasteiger partial charge >= 0.3 is 5.63 Å². The Balaban J connectivity index is 2.22. The molecule has 0 unspecified atom stereocenters. The van der Waals surface area contributed by atoms with E-state index < -0.39 is 5.63 Å². The lowest BCUT2D eigenvalue weighted by Gasteiger charge is -2.28. The summed E-state index contributed by atoms with van der Waals surface area (Å²) in [5.74, 6) is 1.38. The minimum atomic E-state index is -0.438. The number of hydrogen-bond donors (Lipinski definition) is 0. The average Bonchev–Trinajstić information content (AvgIpc) is 2.44. The van der Waals surface area contributed by atoms with Crippen molar-refractivity contribution >= 4 is 11.0 Å². The fraction of sp³-hybridized carbons (Fsp3) is 0.267. The lowest BCUT2D eigenvalue weighted by molar-refractivity contribution is 0.112. The third-order valence-electron chi connectivity index (χ3n) is 3.19. The van der Waals surface area contributed by atoms with Gasteiger partial charge in [-0.1, -0.05) is 6.58 Å². The first kappa shape index (κ1) is 12.6. The lowest BCUT2D eigenvalue weighted by atomic mass is 10.1. The Morgan fingerprint density at radius 1 is 1.45 bits per heavy atom. The molecule has 0 radical (unpaired) electrons. The summed E-state index contributed by atoms with van der Waals surface area (Å²) in [4.78, 5) is 11.4. The second-order valence-corrected chi connectivity index (χ2v) is 4.67. The zero-order valence-corrected chi connectivity index (χ0v) is 11.3. The molecule has 0 saturated heterocycles. The third-order valence-corrected chi connectivity index (χ3v) is 3.19. The van der Waals surface area contributed by atoms with E-state index in [9.17, 15) is 4.79 Å². The Labute approximate surface area is 115 Å². The van der Waals surface area contributed by atoms with Crippen LogP contribution in [-0.2, 0) is 0 Å². The molecule has 20 heavy (non-hydrogen) atoms. The van der Waals surface area contributed by atoms with E-state index in [1.165, 1.54) is 13.2 Å². The highest BCUT2D eigenvalue weighted by molar-refractivity contribution is 5.88. The molecule has 2 aromatic rings. The van der Waals surface area contributed by atoms with Gasteiger partial charge in [-0.2, -0.15) is 0 Å². The standard InChI is InChI=1S/C15H14O5/c1-8(2)11-7-18-14-10(19-11)6-9-4-5-12(16)20-13(9)15(14)17-3/h4-6,11H,1,7H2,2-3H3/t11-/m1/s1. The van der Waals surface area contributed by atoms with Crippen molar-refractivity contribution in [3.8, 4) is 17.2 Å². The third kappa shape index (κ3) is 1.91. The van der Waals surface area contributed by atoms with E-state index in [2.05, 4.69) is 6.58 Å². The first-order chi connectivity index (χ1) is 9.60. The first-order valence-electron chi connectivity index (χ1n) is 6.20. The van der Waals surface area contributed by atoms with Crippen molar-refractivity contribution in [2.45, 2.75) is 13.0 Å². The predicted octanol–water partition coefficient (Wildman–Crippen LogP) is 2.52. The van der Waals surface area contributed by atoms with Gasteiger partial charge in [0.05, 0.1) is 7.11 Å². The van der Waals surface area contributed by atoms with Crippen LogP contribution < -0.4 is 19.8 Å². The van der Waals surface area contributed by atoms with Crippen molar-refractivity contribution in [3.05, 3.63) is 40.8 Å². The normalized spacial score (nSPS) is 17.0. The molecular weight excluding hydrogens is 260 g/mol. The molecule has 104 valence electrons. The van der Waals surface area contributed by atoms with Gasteiger partial charge in [-0.25, -0.2) is 4.79 Å². The summed E-state index contributed by atoms with van der Waals surface area (Å²) in [5.41, 5.74) is 0.803. The van der Waals surface area contributed by atoms with E-state index in [0.717, 1.165) is 5.57 Å². The second-order valence-electron chi connectivity index (χ2n) is 4.67. The van der Waals surface area contributed by atoms with Crippen LogP contribution >= 0.6 is 0 Å². The summed E-state index contributed by atoms with van der Waals surface area (Å²) in [5, 5.41) is 0.714. The highest BCUT2D eigenvalue weighted by Gasteiger charge is 2.27.